The summed E-state index contributed by atoms with van der Waals surface area (Å²) in [5, 5.41) is 23.3. The van der Waals surface area contributed by atoms with Crippen LogP contribution in [0.25, 0.3) is 0 Å². The molecule has 0 aromatic carbocycles. The van der Waals surface area contributed by atoms with Gasteiger partial charge in [0.05, 0.1) is 11.7 Å². The Kier molecular flexibility index (Phi) is 6.11. The molecule has 0 aromatic heterocycles. The van der Waals surface area contributed by atoms with Gasteiger partial charge in [-0.25, -0.2) is 0 Å². The lowest BCUT2D eigenvalue weighted by Gasteiger charge is -2.28. The van der Waals surface area contributed by atoms with E-state index in [2.05, 4.69) is 5.32 Å². The number of hydrogen-bond donors (Lipinski definition) is 3. The van der Waals surface area contributed by atoms with Crippen molar-refractivity contribution >= 4 is 11.8 Å². The van der Waals surface area contributed by atoms with Crippen LogP contribution in [0.4, 0.5) is 0 Å². The van der Waals surface area contributed by atoms with Crippen LogP contribution in [-0.2, 0) is 0 Å². The van der Waals surface area contributed by atoms with Gasteiger partial charge in [0.15, 0.2) is 0 Å². The second kappa shape index (κ2) is 6.84. The highest BCUT2D eigenvalue weighted by Gasteiger charge is 2.25. The van der Waals surface area contributed by atoms with Crippen LogP contribution >= 0.6 is 11.8 Å². The third kappa shape index (κ3) is 5.04. The van der Waals surface area contributed by atoms with E-state index in [1.54, 1.807) is 11.8 Å². The van der Waals surface area contributed by atoms with Crippen LogP contribution in [0.2, 0.25) is 0 Å². The van der Waals surface area contributed by atoms with Gasteiger partial charge in [-0.2, -0.15) is 11.8 Å². The van der Waals surface area contributed by atoms with Gasteiger partial charge >= 0.3 is 0 Å². The molecule has 3 nitrogen and oxygen atoms in total. The predicted octanol–water partition coefficient (Wildman–Crippen LogP) is 1.38. The van der Waals surface area contributed by atoms with Crippen molar-refractivity contribution in [3.63, 3.8) is 0 Å². The first-order valence-corrected chi connectivity index (χ1v) is 7.57. The number of rotatable bonds is 5. The second-order valence-electron chi connectivity index (χ2n) is 5.12. The second-order valence-corrected chi connectivity index (χ2v) is 5.99. The quantitative estimate of drug-likeness (QED) is 0.643. The van der Waals surface area contributed by atoms with E-state index < -0.39 is 5.60 Å². The summed E-state index contributed by atoms with van der Waals surface area (Å²) in [4.78, 5) is 0. The summed E-state index contributed by atoms with van der Waals surface area (Å²) in [6.45, 7) is 2.41. The van der Waals surface area contributed by atoms with E-state index in [9.17, 15) is 10.2 Å². The highest BCUT2D eigenvalue weighted by Crippen LogP contribution is 2.19. The highest BCUT2D eigenvalue weighted by molar-refractivity contribution is 7.98. The summed E-state index contributed by atoms with van der Waals surface area (Å²) in [6.07, 6.45) is 7.19. The monoisotopic (exact) mass is 247 g/mol. The molecule has 0 aliphatic heterocycles. The molecule has 0 bridgehead atoms. The number of aliphatic hydroxyl groups is 2. The minimum atomic E-state index is -0.675. The Morgan fingerprint density at radius 3 is 2.69 bits per heavy atom. The largest absolute Gasteiger partial charge is 0.392 e. The minimum absolute atomic E-state index is 0.163. The van der Waals surface area contributed by atoms with Gasteiger partial charge in [-0.1, -0.05) is 19.3 Å². The van der Waals surface area contributed by atoms with Gasteiger partial charge in [-0.15, -0.1) is 0 Å². The normalized spacial score (nSPS) is 30.8. The van der Waals surface area contributed by atoms with E-state index in [1.807, 2.05) is 13.2 Å². The molecule has 1 fully saturated rings. The fourth-order valence-corrected chi connectivity index (χ4v) is 2.96. The van der Waals surface area contributed by atoms with Gasteiger partial charge in [-0.3, -0.25) is 0 Å². The molecule has 1 saturated carbocycles. The summed E-state index contributed by atoms with van der Waals surface area (Å²) in [5.41, 5.74) is -0.675. The third-order valence-corrected chi connectivity index (χ3v) is 4.09. The number of thioether (sulfide) groups is 1. The zero-order chi connectivity index (χ0) is 12.0. The molecular weight excluding hydrogens is 222 g/mol. The molecule has 0 radical (unpaired) electrons. The average molecular weight is 247 g/mol. The van der Waals surface area contributed by atoms with Gasteiger partial charge in [0.25, 0.3) is 0 Å². The number of nitrogens with one attached hydrogen (secondary N) is 1. The fraction of sp³-hybridized carbons (Fsp3) is 1.00. The smallest absolute Gasteiger partial charge is 0.0833 e. The van der Waals surface area contributed by atoms with Crippen molar-refractivity contribution in [1.29, 1.82) is 0 Å². The first kappa shape index (κ1) is 14.3. The average Bonchev–Trinajstić information content (AvgIpc) is 2.40. The number of hydrogen-bond acceptors (Lipinski definition) is 4. The van der Waals surface area contributed by atoms with Crippen LogP contribution in [0.15, 0.2) is 0 Å². The van der Waals surface area contributed by atoms with E-state index >= 15 is 0 Å². The molecular formula is C12H25NO2S. The Bertz CT molecular complexity index is 199. The maximum atomic E-state index is 10.0. The predicted molar refractivity (Wildman–Crippen MR) is 69.9 cm³/mol. The summed E-state index contributed by atoms with van der Waals surface area (Å²) in [7, 11) is 0. The maximum Gasteiger partial charge on any atom is 0.0833 e. The fourth-order valence-electron chi connectivity index (χ4n) is 2.24. The Morgan fingerprint density at radius 1 is 1.31 bits per heavy atom. The molecule has 96 valence electrons. The molecule has 1 aliphatic rings. The van der Waals surface area contributed by atoms with E-state index in [0.29, 0.717) is 6.54 Å². The zero-order valence-corrected chi connectivity index (χ0v) is 11.2. The summed E-state index contributed by atoms with van der Waals surface area (Å²) >= 11 is 1.65. The lowest BCUT2D eigenvalue weighted by molar-refractivity contribution is 0.0636. The lowest BCUT2D eigenvalue weighted by Crippen LogP contribution is -2.48. The molecule has 4 heteroatoms. The van der Waals surface area contributed by atoms with Gasteiger partial charge < -0.3 is 15.5 Å². The maximum absolute atomic E-state index is 10.0. The molecule has 16 heavy (non-hydrogen) atoms. The van der Waals surface area contributed by atoms with E-state index in [4.69, 9.17) is 0 Å². The van der Waals surface area contributed by atoms with Crippen molar-refractivity contribution in [2.24, 2.45) is 0 Å². The third-order valence-electron chi connectivity index (χ3n) is 3.18. The molecule has 3 unspecified atom stereocenters. The van der Waals surface area contributed by atoms with Crippen LogP contribution < -0.4 is 5.32 Å². The molecule has 0 heterocycles. The Hall–Kier alpha value is 0.230. The molecule has 0 saturated heterocycles. The van der Waals surface area contributed by atoms with Crippen molar-refractivity contribution in [2.75, 3.05) is 18.6 Å². The van der Waals surface area contributed by atoms with Crippen LogP contribution in [0.3, 0.4) is 0 Å². The van der Waals surface area contributed by atoms with E-state index in [-0.39, 0.29) is 12.1 Å². The summed E-state index contributed by atoms with van der Waals surface area (Å²) in [6, 6.07) is 0.163. The van der Waals surface area contributed by atoms with Crippen molar-refractivity contribution in [3.05, 3.63) is 0 Å². The van der Waals surface area contributed by atoms with Gasteiger partial charge in [0, 0.05) is 18.3 Å². The first-order chi connectivity index (χ1) is 7.55. The van der Waals surface area contributed by atoms with Crippen molar-refractivity contribution in [2.45, 2.75) is 56.8 Å². The van der Waals surface area contributed by atoms with Gasteiger partial charge in [-0.05, 0) is 26.0 Å². The molecule has 3 N–H and O–H groups in total. The zero-order valence-electron chi connectivity index (χ0n) is 10.4. The molecule has 0 spiro atoms. The van der Waals surface area contributed by atoms with Crippen molar-refractivity contribution < 1.29 is 10.2 Å². The van der Waals surface area contributed by atoms with E-state index in [1.165, 1.54) is 12.8 Å². The molecule has 3 atom stereocenters. The van der Waals surface area contributed by atoms with Crippen LogP contribution in [0.5, 0.6) is 0 Å². The molecule has 1 aliphatic carbocycles. The Morgan fingerprint density at radius 2 is 2.00 bits per heavy atom. The van der Waals surface area contributed by atoms with E-state index in [0.717, 1.165) is 25.0 Å². The Labute approximate surface area is 103 Å². The van der Waals surface area contributed by atoms with Gasteiger partial charge in [0.2, 0.25) is 0 Å². The highest BCUT2D eigenvalue weighted by atomic mass is 32.2. The minimum Gasteiger partial charge on any atom is -0.392 e. The first-order valence-electron chi connectivity index (χ1n) is 6.18. The summed E-state index contributed by atoms with van der Waals surface area (Å²) in [5.74, 6) is 0.725. The van der Waals surface area contributed by atoms with Gasteiger partial charge in [0.1, 0.15) is 0 Å². The number of aliphatic hydroxyl groups excluding tert-OH is 1. The van der Waals surface area contributed by atoms with Crippen LogP contribution in [-0.4, -0.2) is 46.5 Å². The SMILES string of the molecule is CSCC(C)(O)CNC1CCCCCC1O. The van der Waals surface area contributed by atoms with Crippen LogP contribution in [0, 0.1) is 0 Å². The van der Waals surface area contributed by atoms with Crippen molar-refractivity contribution in [1.82, 2.24) is 5.32 Å². The molecule has 1 rings (SSSR count). The van der Waals surface area contributed by atoms with Crippen molar-refractivity contribution in [3.8, 4) is 0 Å². The lowest BCUT2D eigenvalue weighted by atomic mass is 10.0. The molecule has 0 amide bonds. The Balaban J connectivity index is 2.34. The topological polar surface area (TPSA) is 52.5 Å². The van der Waals surface area contributed by atoms with Crippen LogP contribution in [0.1, 0.15) is 39.0 Å². The standard InChI is InChI=1S/C12H25NO2S/c1-12(15,9-16-2)8-13-10-6-4-3-5-7-11(10)14/h10-11,13-15H,3-9H2,1-2H3. The summed E-state index contributed by atoms with van der Waals surface area (Å²) < 4.78 is 0. The molecule has 0 aromatic rings.